The average Bonchev–Trinajstić information content (AvgIpc) is 3.02. The van der Waals surface area contributed by atoms with Gasteiger partial charge in [-0.3, -0.25) is 4.79 Å². The third-order valence-corrected chi connectivity index (χ3v) is 4.97. The van der Waals surface area contributed by atoms with Crippen LogP contribution < -0.4 is 10.1 Å². The molecule has 0 saturated carbocycles. The minimum Gasteiger partial charge on any atom is -0.490 e. The molecule has 1 saturated heterocycles. The first-order valence-electron chi connectivity index (χ1n) is 7.16. The number of ether oxygens (including phenoxy) is 1. The molecule has 2 aliphatic rings. The molecule has 0 aliphatic carbocycles. The van der Waals surface area contributed by atoms with Gasteiger partial charge >= 0.3 is 0 Å². The van der Waals surface area contributed by atoms with Crippen LogP contribution in [0.25, 0.3) is 10.4 Å². The first kappa shape index (κ1) is 12.9. The van der Waals surface area contributed by atoms with Crippen molar-refractivity contribution in [2.24, 2.45) is 0 Å². The largest absolute Gasteiger partial charge is 0.490 e. The lowest BCUT2D eigenvalue weighted by atomic mass is 10.1. The molecule has 1 aromatic heterocycles. The molecular weight excluding hydrogens is 284 g/mol. The van der Waals surface area contributed by atoms with E-state index >= 15 is 0 Å². The van der Waals surface area contributed by atoms with Crippen molar-refractivity contribution in [2.75, 3.05) is 26.2 Å². The van der Waals surface area contributed by atoms with Gasteiger partial charge in [0.2, 0.25) is 0 Å². The highest BCUT2D eigenvalue weighted by Gasteiger charge is 2.33. The van der Waals surface area contributed by atoms with Crippen molar-refractivity contribution in [2.45, 2.75) is 6.04 Å². The van der Waals surface area contributed by atoms with Gasteiger partial charge in [-0.15, -0.1) is 11.3 Å². The molecule has 108 valence electrons. The van der Waals surface area contributed by atoms with Crippen LogP contribution in [0.3, 0.4) is 0 Å². The molecule has 21 heavy (non-hydrogen) atoms. The highest BCUT2D eigenvalue weighted by Crippen LogP contribution is 2.38. The SMILES string of the molecule is O=C1c2cccc(-c3cccs3)c2OCC2CNCCN12. The molecule has 4 rings (SSSR count). The summed E-state index contributed by atoms with van der Waals surface area (Å²) in [6.45, 7) is 2.94. The zero-order chi connectivity index (χ0) is 14.2. The highest BCUT2D eigenvalue weighted by molar-refractivity contribution is 7.13. The second-order valence-electron chi connectivity index (χ2n) is 5.33. The van der Waals surface area contributed by atoms with Crippen LogP contribution in [0.5, 0.6) is 5.75 Å². The second kappa shape index (κ2) is 5.16. The van der Waals surface area contributed by atoms with E-state index in [9.17, 15) is 4.79 Å². The van der Waals surface area contributed by atoms with E-state index in [1.165, 1.54) is 0 Å². The van der Waals surface area contributed by atoms with Gasteiger partial charge in [0.25, 0.3) is 5.91 Å². The summed E-state index contributed by atoms with van der Waals surface area (Å²) in [4.78, 5) is 15.9. The van der Waals surface area contributed by atoms with Gasteiger partial charge in [0.05, 0.1) is 11.6 Å². The summed E-state index contributed by atoms with van der Waals surface area (Å²) in [6.07, 6.45) is 0. The first-order valence-corrected chi connectivity index (χ1v) is 8.04. The van der Waals surface area contributed by atoms with E-state index in [0.29, 0.717) is 12.2 Å². The summed E-state index contributed by atoms with van der Waals surface area (Å²) in [5.74, 6) is 0.826. The number of hydrogen-bond donors (Lipinski definition) is 1. The molecular formula is C16H16N2O2S. The molecule has 4 nitrogen and oxygen atoms in total. The molecule has 0 bridgehead atoms. The predicted octanol–water partition coefficient (Wildman–Crippen LogP) is 2.22. The number of nitrogens with one attached hydrogen (secondary N) is 1. The molecule has 1 amide bonds. The Morgan fingerprint density at radius 3 is 3.00 bits per heavy atom. The third-order valence-electron chi connectivity index (χ3n) is 4.06. The molecule has 1 unspecified atom stereocenters. The Kier molecular flexibility index (Phi) is 3.16. The van der Waals surface area contributed by atoms with E-state index in [-0.39, 0.29) is 11.9 Å². The summed E-state index contributed by atoms with van der Waals surface area (Å²) in [5, 5.41) is 5.37. The highest BCUT2D eigenvalue weighted by atomic mass is 32.1. The van der Waals surface area contributed by atoms with Crippen molar-refractivity contribution in [1.29, 1.82) is 0 Å². The number of rotatable bonds is 1. The van der Waals surface area contributed by atoms with Crippen molar-refractivity contribution >= 4 is 17.2 Å². The third kappa shape index (κ3) is 2.13. The molecule has 3 heterocycles. The maximum Gasteiger partial charge on any atom is 0.258 e. The Balaban J connectivity index is 1.81. The van der Waals surface area contributed by atoms with Crippen molar-refractivity contribution in [3.63, 3.8) is 0 Å². The Labute approximate surface area is 127 Å². The van der Waals surface area contributed by atoms with Gasteiger partial charge in [-0.05, 0) is 23.6 Å². The Morgan fingerprint density at radius 1 is 1.24 bits per heavy atom. The zero-order valence-electron chi connectivity index (χ0n) is 11.5. The standard InChI is InChI=1S/C16H16N2O2S/c19-16-13-4-1-3-12(14-5-2-8-21-14)15(13)20-10-11-9-17-6-7-18(11)16/h1-5,8,11,17H,6-7,9-10H2. The summed E-state index contributed by atoms with van der Waals surface area (Å²) in [5.41, 5.74) is 1.70. The molecule has 0 radical (unpaired) electrons. The molecule has 0 spiro atoms. The fourth-order valence-electron chi connectivity index (χ4n) is 3.00. The number of amides is 1. The van der Waals surface area contributed by atoms with Gasteiger partial charge in [0.15, 0.2) is 0 Å². The molecule has 1 N–H and O–H groups in total. The van der Waals surface area contributed by atoms with E-state index in [1.807, 2.05) is 34.5 Å². The van der Waals surface area contributed by atoms with E-state index < -0.39 is 0 Å². The lowest BCUT2D eigenvalue weighted by molar-refractivity contribution is 0.0606. The lowest BCUT2D eigenvalue weighted by Crippen LogP contribution is -2.54. The van der Waals surface area contributed by atoms with Crippen LogP contribution >= 0.6 is 11.3 Å². The van der Waals surface area contributed by atoms with Crippen LogP contribution in [-0.4, -0.2) is 43.1 Å². The number of thiophene rings is 1. The van der Waals surface area contributed by atoms with Crippen LogP contribution in [0, 0.1) is 0 Å². The van der Waals surface area contributed by atoms with Crippen molar-refractivity contribution < 1.29 is 9.53 Å². The van der Waals surface area contributed by atoms with E-state index in [0.717, 1.165) is 35.8 Å². The number of nitrogens with zero attached hydrogens (tertiary/aromatic N) is 1. The fraction of sp³-hybridized carbons (Fsp3) is 0.312. The number of fused-ring (bicyclic) bond motifs is 2. The molecule has 1 fully saturated rings. The van der Waals surface area contributed by atoms with Crippen LogP contribution in [0.2, 0.25) is 0 Å². The van der Waals surface area contributed by atoms with Gasteiger partial charge in [-0.1, -0.05) is 12.1 Å². The van der Waals surface area contributed by atoms with E-state index in [2.05, 4.69) is 11.4 Å². The van der Waals surface area contributed by atoms with Gasteiger partial charge in [0, 0.05) is 30.1 Å². The minimum absolute atomic E-state index is 0.0902. The smallest absolute Gasteiger partial charge is 0.258 e. The molecule has 2 aliphatic heterocycles. The molecule has 5 heteroatoms. The summed E-state index contributed by atoms with van der Waals surface area (Å²) < 4.78 is 6.05. The van der Waals surface area contributed by atoms with Crippen LogP contribution in [0.15, 0.2) is 35.7 Å². The fourth-order valence-corrected chi connectivity index (χ4v) is 3.75. The van der Waals surface area contributed by atoms with Crippen molar-refractivity contribution in [3.05, 3.63) is 41.3 Å². The summed E-state index contributed by atoms with van der Waals surface area (Å²) in [6, 6.07) is 10.0. The molecule has 1 aromatic carbocycles. The summed E-state index contributed by atoms with van der Waals surface area (Å²) in [7, 11) is 0. The molecule has 1 atom stereocenters. The van der Waals surface area contributed by atoms with Crippen molar-refractivity contribution in [1.82, 2.24) is 10.2 Å². The topological polar surface area (TPSA) is 41.6 Å². The number of hydrogen-bond acceptors (Lipinski definition) is 4. The predicted molar refractivity (Wildman–Crippen MR) is 82.9 cm³/mol. The monoisotopic (exact) mass is 300 g/mol. The van der Waals surface area contributed by atoms with E-state index in [1.54, 1.807) is 11.3 Å². The first-order chi connectivity index (χ1) is 10.3. The maximum absolute atomic E-state index is 12.8. The van der Waals surface area contributed by atoms with Crippen LogP contribution in [0.4, 0.5) is 0 Å². The summed E-state index contributed by atoms with van der Waals surface area (Å²) >= 11 is 1.67. The lowest BCUT2D eigenvalue weighted by Gasteiger charge is -2.33. The number of carbonyl (C=O) groups excluding carboxylic acids is 1. The van der Waals surface area contributed by atoms with Gasteiger partial charge in [0.1, 0.15) is 12.4 Å². The van der Waals surface area contributed by atoms with Gasteiger partial charge in [-0.2, -0.15) is 0 Å². The molecule has 2 aromatic rings. The van der Waals surface area contributed by atoms with Gasteiger partial charge in [-0.25, -0.2) is 0 Å². The minimum atomic E-state index is 0.0902. The zero-order valence-corrected chi connectivity index (χ0v) is 12.4. The van der Waals surface area contributed by atoms with Crippen molar-refractivity contribution in [3.8, 4) is 16.2 Å². The second-order valence-corrected chi connectivity index (χ2v) is 6.27. The Bertz CT molecular complexity index is 669. The van der Waals surface area contributed by atoms with Crippen LogP contribution in [-0.2, 0) is 0 Å². The maximum atomic E-state index is 12.8. The number of carbonyl (C=O) groups is 1. The quantitative estimate of drug-likeness (QED) is 0.878. The number of piperazine rings is 1. The Hall–Kier alpha value is -1.85. The Morgan fingerprint density at radius 2 is 2.14 bits per heavy atom. The van der Waals surface area contributed by atoms with Gasteiger partial charge < -0.3 is 15.0 Å². The van der Waals surface area contributed by atoms with E-state index in [4.69, 9.17) is 4.74 Å². The average molecular weight is 300 g/mol. The number of benzene rings is 1. The van der Waals surface area contributed by atoms with Crippen LogP contribution in [0.1, 0.15) is 10.4 Å². The number of para-hydroxylation sites is 1. The normalized spacial score (nSPS) is 21.2.